The van der Waals surface area contributed by atoms with Crippen LogP contribution in [0.5, 0.6) is 0 Å². The van der Waals surface area contributed by atoms with Crippen molar-refractivity contribution in [2.45, 2.75) is 31.3 Å². The second-order valence-electron chi connectivity index (χ2n) is 4.88. The predicted octanol–water partition coefficient (Wildman–Crippen LogP) is 1.42. The fourth-order valence-electron chi connectivity index (χ4n) is 2.52. The van der Waals surface area contributed by atoms with Crippen LogP contribution in [-0.4, -0.2) is 41.7 Å². The number of aliphatic hydroxyl groups excluding tert-OH is 1. The molecule has 0 radical (unpaired) electrons. The van der Waals surface area contributed by atoms with Crippen molar-refractivity contribution in [3.8, 4) is 0 Å². The first-order valence-electron chi connectivity index (χ1n) is 5.95. The van der Waals surface area contributed by atoms with Gasteiger partial charge in [0.15, 0.2) is 0 Å². The number of fused-ring (bicyclic) bond motifs is 1. The molecule has 0 spiro atoms. The summed E-state index contributed by atoms with van der Waals surface area (Å²) in [7, 11) is 3.98. The van der Waals surface area contributed by atoms with Gasteiger partial charge in [0.25, 0.3) is 0 Å². The van der Waals surface area contributed by atoms with E-state index in [9.17, 15) is 5.11 Å². The smallest absolute Gasteiger partial charge is 0.0750 e. The Hall–Kier alpha value is -0.930. The molecule has 1 aliphatic carbocycles. The first-order chi connectivity index (χ1) is 7.68. The first kappa shape index (κ1) is 11.6. The standard InChI is InChI=1S/C13H20N2O/c1-15(2)9-12(16)11-7-3-5-10-6-4-8-14-13(10)11/h4,6,8,11-12,16H,3,5,7,9H2,1-2H3. The van der Waals surface area contributed by atoms with Crippen LogP contribution in [0.25, 0.3) is 0 Å². The van der Waals surface area contributed by atoms with Crippen LogP contribution in [0.2, 0.25) is 0 Å². The van der Waals surface area contributed by atoms with Crippen molar-refractivity contribution in [1.82, 2.24) is 9.88 Å². The van der Waals surface area contributed by atoms with Crippen molar-refractivity contribution in [2.24, 2.45) is 0 Å². The fraction of sp³-hybridized carbons (Fsp3) is 0.615. The van der Waals surface area contributed by atoms with Gasteiger partial charge in [-0.25, -0.2) is 0 Å². The highest BCUT2D eigenvalue weighted by atomic mass is 16.3. The minimum absolute atomic E-state index is 0.215. The van der Waals surface area contributed by atoms with E-state index >= 15 is 0 Å². The molecule has 1 aromatic heterocycles. The summed E-state index contributed by atoms with van der Waals surface area (Å²) in [5, 5.41) is 10.2. The van der Waals surface area contributed by atoms with E-state index < -0.39 is 0 Å². The van der Waals surface area contributed by atoms with Gasteiger partial charge in [-0.1, -0.05) is 6.07 Å². The molecule has 1 aliphatic rings. The summed E-state index contributed by atoms with van der Waals surface area (Å²) in [4.78, 5) is 6.48. The highest BCUT2D eigenvalue weighted by molar-refractivity contribution is 5.26. The SMILES string of the molecule is CN(C)CC(O)C1CCCc2cccnc21. The van der Waals surface area contributed by atoms with E-state index in [-0.39, 0.29) is 12.0 Å². The fourth-order valence-corrected chi connectivity index (χ4v) is 2.52. The molecule has 0 saturated heterocycles. The van der Waals surface area contributed by atoms with Gasteiger partial charge in [-0.2, -0.15) is 0 Å². The Bertz CT molecular complexity index is 352. The van der Waals surface area contributed by atoms with Crippen LogP contribution in [0.3, 0.4) is 0 Å². The molecule has 1 aromatic rings. The predicted molar refractivity (Wildman–Crippen MR) is 64.5 cm³/mol. The zero-order valence-electron chi connectivity index (χ0n) is 10.1. The molecule has 3 nitrogen and oxygen atoms in total. The summed E-state index contributed by atoms with van der Waals surface area (Å²) in [5.74, 6) is 0.215. The average molecular weight is 220 g/mol. The number of rotatable bonds is 3. The maximum atomic E-state index is 10.2. The number of aryl methyl sites for hydroxylation is 1. The van der Waals surface area contributed by atoms with E-state index in [4.69, 9.17) is 0 Å². The van der Waals surface area contributed by atoms with Gasteiger partial charge in [0.05, 0.1) is 6.10 Å². The molecule has 16 heavy (non-hydrogen) atoms. The second kappa shape index (κ2) is 4.93. The number of likely N-dealkylation sites (N-methyl/N-ethyl adjacent to an activating group) is 1. The van der Waals surface area contributed by atoms with E-state index in [1.165, 1.54) is 5.56 Å². The molecule has 0 amide bonds. The third-order valence-electron chi connectivity index (χ3n) is 3.26. The Labute approximate surface area is 97.1 Å². The Kier molecular flexibility index (Phi) is 3.56. The highest BCUT2D eigenvalue weighted by Gasteiger charge is 2.27. The summed E-state index contributed by atoms with van der Waals surface area (Å²) in [6.45, 7) is 0.709. The quantitative estimate of drug-likeness (QED) is 0.837. The minimum atomic E-state index is -0.302. The highest BCUT2D eigenvalue weighted by Crippen LogP contribution is 2.32. The molecule has 0 aliphatic heterocycles. The molecule has 0 aromatic carbocycles. The van der Waals surface area contributed by atoms with Crippen LogP contribution in [-0.2, 0) is 6.42 Å². The Morgan fingerprint density at radius 2 is 2.38 bits per heavy atom. The van der Waals surface area contributed by atoms with E-state index in [2.05, 4.69) is 11.1 Å². The summed E-state index contributed by atoms with van der Waals surface area (Å²) >= 11 is 0. The zero-order chi connectivity index (χ0) is 11.5. The molecule has 0 saturated carbocycles. The summed E-state index contributed by atoms with van der Waals surface area (Å²) in [6, 6.07) is 4.12. The van der Waals surface area contributed by atoms with E-state index in [1.54, 1.807) is 0 Å². The molecular weight excluding hydrogens is 200 g/mol. The molecule has 2 atom stereocenters. The average Bonchev–Trinajstić information content (AvgIpc) is 2.27. The normalized spacial score (nSPS) is 21.9. The van der Waals surface area contributed by atoms with E-state index in [0.29, 0.717) is 6.54 Å². The van der Waals surface area contributed by atoms with Gasteiger partial charge in [-0.05, 0) is 45.0 Å². The molecule has 3 heteroatoms. The lowest BCUT2D eigenvalue weighted by Crippen LogP contribution is -2.33. The lowest BCUT2D eigenvalue weighted by atomic mass is 9.83. The zero-order valence-corrected chi connectivity index (χ0v) is 10.1. The van der Waals surface area contributed by atoms with Gasteiger partial charge in [0, 0.05) is 24.4 Å². The third-order valence-corrected chi connectivity index (χ3v) is 3.26. The molecule has 2 rings (SSSR count). The Balaban J connectivity index is 2.18. The number of hydrogen-bond donors (Lipinski definition) is 1. The second-order valence-corrected chi connectivity index (χ2v) is 4.88. The largest absolute Gasteiger partial charge is 0.391 e. The van der Waals surface area contributed by atoms with Crippen molar-refractivity contribution in [1.29, 1.82) is 0 Å². The maximum Gasteiger partial charge on any atom is 0.0750 e. The number of nitrogens with zero attached hydrogens (tertiary/aromatic N) is 2. The van der Waals surface area contributed by atoms with Gasteiger partial charge in [0.2, 0.25) is 0 Å². The lowest BCUT2D eigenvalue weighted by Gasteiger charge is -2.29. The van der Waals surface area contributed by atoms with Crippen LogP contribution in [0.4, 0.5) is 0 Å². The first-order valence-corrected chi connectivity index (χ1v) is 5.95. The molecule has 0 bridgehead atoms. The molecule has 1 heterocycles. The van der Waals surface area contributed by atoms with Crippen LogP contribution in [0.15, 0.2) is 18.3 Å². The van der Waals surface area contributed by atoms with Gasteiger partial charge < -0.3 is 10.0 Å². The van der Waals surface area contributed by atoms with Crippen LogP contribution >= 0.6 is 0 Å². The van der Waals surface area contributed by atoms with Crippen LogP contribution in [0, 0.1) is 0 Å². The number of hydrogen-bond acceptors (Lipinski definition) is 3. The number of aromatic nitrogens is 1. The van der Waals surface area contributed by atoms with Crippen molar-refractivity contribution in [3.63, 3.8) is 0 Å². The van der Waals surface area contributed by atoms with Gasteiger partial charge in [-0.15, -0.1) is 0 Å². The summed E-state index contributed by atoms with van der Waals surface area (Å²) < 4.78 is 0. The van der Waals surface area contributed by atoms with Crippen LogP contribution < -0.4 is 0 Å². The Morgan fingerprint density at radius 3 is 3.12 bits per heavy atom. The van der Waals surface area contributed by atoms with Crippen molar-refractivity contribution >= 4 is 0 Å². The molecule has 0 fully saturated rings. The van der Waals surface area contributed by atoms with E-state index in [0.717, 1.165) is 25.0 Å². The van der Waals surface area contributed by atoms with Gasteiger partial charge in [-0.3, -0.25) is 4.98 Å². The van der Waals surface area contributed by atoms with Gasteiger partial charge in [0.1, 0.15) is 0 Å². The third kappa shape index (κ3) is 2.42. The topological polar surface area (TPSA) is 36.4 Å². The monoisotopic (exact) mass is 220 g/mol. The van der Waals surface area contributed by atoms with Crippen molar-refractivity contribution in [2.75, 3.05) is 20.6 Å². The molecule has 88 valence electrons. The summed E-state index contributed by atoms with van der Waals surface area (Å²) in [5.41, 5.74) is 2.43. The number of pyridine rings is 1. The van der Waals surface area contributed by atoms with Crippen LogP contribution in [0.1, 0.15) is 30.0 Å². The minimum Gasteiger partial charge on any atom is -0.391 e. The summed E-state index contributed by atoms with van der Waals surface area (Å²) in [6.07, 6.45) is 4.85. The lowest BCUT2D eigenvalue weighted by molar-refractivity contribution is 0.101. The van der Waals surface area contributed by atoms with Gasteiger partial charge >= 0.3 is 0 Å². The molecule has 2 unspecified atom stereocenters. The van der Waals surface area contributed by atoms with Crippen molar-refractivity contribution < 1.29 is 5.11 Å². The van der Waals surface area contributed by atoms with E-state index in [1.807, 2.05) is 31.3 Å². The molecular formula is C13H20N2O. The number of aliphatic hydroxyl groups is 1. The molecule has 1 N–H and O–H groups in total. The Morgan fingerprint density at radius 1 is 1.56 bits per heavy atom. The van der Waals surface area contributed by atoms with Crippen molar-refractivity contribution in [3.05, 3.63) is 29.6 Å². The maximum absolute atomic E-state index is 10.2.